The molecule has 5 nitrogen and oxygen atoms in total. The summed E-state index contributed by atoms with van der Waals surface area (Å²) in [5.41, 5.74) is 0.264. The normalized spacial score (nSPS) is 13.6. The molecule has 0 spiro atoms. The van der Waals surface area contributed by atoms with Crippen molar-refractivity contribution in [2.45, 2.75) is 38.8 Å². The fraction of sp³-hybridized carbons (Fsp3) is 0.500. The van der Waals surface area contributed by atoms with Crippen LogP contribution in [0.3, 0.4) is 0 Å². The lowest BCUT2D eigenvalue weighted by molar-refractivity contribution is 0.163. The van der Waals surface area contributed by atoms with Crippen molar-refractivity contribution in [3.8, 4) is 5.75 Å². The minimum atomic E-state index is -0.603. The van der Waals surface area contributed by atoms with Crippen LogP contribution in [-0.2, 0) is 6.54 Å². The van der Waals surface area contributed by atoms with Crippen molar-refractivity contribution in [3.05, 3.63) is 28.2 Å². The molecule has 0 aromatic heterocycles. The average molecular weight is 345 g/mol. The molecule has 6 heteroatoms. The lowest BCUT2D eigenvalue weighted by Gasteiger charge is -2.28. The third-order valence-electron chi connectivity index (χ3n) is 3.03. The standard InChI is InChI=1S/C14H21BrN2O3/c1-3-6-14(2,9-18)17-13(20)16-8-10-4-5-12(19)11(15)7-10/h4-5,7,18-19H,3,6,8-9H2,1-2H3,(H2,16,17,20). The van der Waals surface area contributed by atoms with E-state index in [0.29, 0.717) is 17.4 Å². The van der Waals surface area contributed by atoms with Crippen molar-refractivity contribution in [1.29, 1.82) is 0 Å². The van der Waals surface area contributed by atoms with Crippen LogP contribution in [0.4, 0.5) is 4.79 Å². The fourth-order valence-electron chi connectivity index (χ4n) is 1.89. The van der Waals surface area contributed by atoms with E-state index in [1.54, 1.807) is 18.2 Å². The molecule has 112 valence electrons. The molecule has 2 amide bonds. The third-order valence-corrected chi connectivity index (χ3v) is 3.67. The Bertz CT molecular complexity index is 468. The number of carbonyl (C=O) groups excluding carboxylic acids is 1. The van der Waals surface area contributed by atoms with Crippen LogP contribution < -0.4 is 10.6 Å². The van der Waals surface area contributed by atoms with Crippen LogP contribution in [0.15, 0.2) is 22.7 Å². The molecule has 0 aliphatic rings. The number of aromatic hydroxyl groups is 1. The first-order valence-electron chi connectivity index (χ1n) is 6.54. The summed E-state index contributed by atoms with van der Waals surface area (Å²) in [5, 5.41) is 24.2. The summed E-state index contributed by atoms with van der Waals surface area (Å²) in [6.45, 7) is 4.06. The van der Waals surface area contributed by atoms with E-state index in [0.717, 1.165) is 12.0 Å². The lowest BCUT2D eigenvalue weighted by Crippen LogP contribution is -2.52. The van der Waals surface area contributed by atoms with Gasteiger partial charge in [-0.3, -0.25) is 0 Å². The van der Waals surface area contributed by atoms with Crippen LogP contribution in [0.2, 0.25) is 0 Å². The molecule has 1 unspecified atom stereocenters. The topological polar surface area (TPSA) is 81.6 Å². The summed E-state index contributed by atoms with van der Waals surface area (Å²) in [4.78, 5) is 11.8. The largest absolute Gasteiger partial charge is 0.507 e. The summed E-state index contributed by atoms with van der Waals surface area (Å²) >= 11 is 3.22. The van der Waals surface area contributed by atoms with Gasteiger partial charge in [-0.05, 0) is 47.0 Å². The van der Waals surface area contributed by atoms with E-state index in [2.05, 4.69) is 26.6 Å². The van der Waals surface area contributed by atoms with E-state index >= 15 is 0 Å². The number of halogens is 1. The number of phenols is 1. The number of aliphatic hydroxyl groups is 1. The number of benzene rings is 1. The average Bonchev–Trinajstić information content (AvgIpc) is 2.40. The molecule has 0 aliphatic heterocycles. The highest BCUT2D eigenvalue weighted by molar-refractivity contribution is 9.10. The number of urea groups is 1. The van der Waals surface area contributed by atoms with Crippen LogP contribution in [0.1, 0.15) is 32.3 Å². The quantitative estimate of drug-likeness (QED) is 0.639. The van der Waals surface area contributed by atoms with Gasteiger partial charge >= 0.3 is 6.03 Å². The summed E-state index contributed by atoms with van der Waals surface area (Å²) in [6, 6.07) is 4.72. The molecule has 1 atom stereocenters. The number of carbonyl (C=O) groups is 1. The van der Waals surface area contributed by atoms with Crippen molar-refractivity contribution in [1.82, 2.24) is 10.6 Å². The SMILES string of the molecule is CCCC(C)(CO)NC(=O)NCc1ccc(O)c(Br)c1. The number of amides is 2. The summed E-state index contributed by atoms with van der Waals surface area (Å²) in [6.07, 6.45) is 1.59. The molecule has 0 heterocycles. The minimum Gasteiger partial charge on any atom is -0.507 e. The maximum atomic E-state index is 11.8. The Kier molecular flexibility index (Phi) is 6.29. The molecule has 0 bridgehead atoms. The second kappa shape index (κ2) is 7.50. The highest BCUT2D eigenvalue weighted by atomic mass is 79.9. The molecule has 20 heavy (non-hydrogen) atoms. The Morgan fingerprint density at radius 1 is 1.45 bits per heavy atom. The zero-order valence-electron chi connectivity index (χ0n) is 11.7. The molecular formula is C14H21BrN2O3. The number of hydrogen-bond acceptors (Lipinski definition) is 3. The van der Waals surface area contributed by atoms with E-state index in [4.69, 9.17) is 0 Å². The first kappa shape index (κ1) is 16.8. The minimum absolute atomic E-state index is 0.0982. The molecule has 1 aromatic rings. The van der Waals surface area contributed by atoms with Crippen LogP contribution in [0, 0.1) is 0 Å². The monoisotopic (exact) mass is 344 g/mol. The van der Waals surface area contributed by atoms with E-state index in [1.807, 2.05) is 13.8 Å². The summed E-state index contributed by atoms with van der Waals surface area (Å²) in [5.74, 6) is 0.161. The van der Waals surface area contributed by atoms with Crippen LogP contribution in [-0.4, -0.2) is 28.4 Å². The van der Waals surface area contributed by atoms with Gasteiger partial charge in [-0.15, -0.1) is 0 Å². The van der Waals surface area contributed by atoms with Gasteiger partial charge in [0.05, 0.1) is 16.6 Å². The maximum Gasteiger partial charge on any atom is 0.315 e. The van der Waals surface area contributed by atoms with Gasteiger partial charge in [0, 0.05) is 6.54 Å². The van der Waals surface area contributed by atoms with Crippen LogP contribution >= 0.6 is 15.9 Å². The zero-order valence-corrected chi connectivity index (χ0v) is 13.3. The number of nitrogens with one attached hydrogen (secondary N) is 2. The molecular weight excluding hydrogens is 324 g/mol. The van der Waals surface area contributed by atoms with Crippen molar-refractivity contribution in [2.75, 3.05) is 6.61 Å². The second-order valence-electron chi connectivity index (χ2n) is 5.06. The van der Waals surface area contributed by atoms with Gasteiger partial charge in [0.15, 0.2) is 0 Å². The van der Waals surface area contributed by atoms with Gasteiger partial charge in [0.2, 0.25) is 0 Å². The van der Waals surface area contributed by atoms with Crippen molar-refractivity contribution >= 4 is 22.0 Å². The number of hydrogen-bond donors (Lipinski definition) is 4. The predicted octanol–water partition coefficient (Wildman–Crippen LogP) is 2.50. The molecule has 0 fully saturated rings. The van der Waals surface area contributed by atoms with Gasteiger partial charge in [-0.25, -0.2) is 4.79 Å². The fourth-order valence-corrected chi connectivity index (χ4v) is 2.32. The third kappa shape index (κ3) is 5.02. The smallest absolute Gasteiger partial charge is 0.315 e. The Labute approximate surface area is 127 Å². The first-order valence-corrected chi connectivity index (χ1v) is 7.34. The van der Waals surface area contributed by atoms with Gasteiger partial charge in [0.25, 0.3) is 0 Å². The number of aliphatic hydroxyl groups excluding tert-OH is 1. The molecule has 0 radical (unpaired) electrons. The van der Waals surface area contributed by atoms with Crippen molar-refractivity contribution in [3.63, 3.8) is 0 Å². The van der Waals surface area contributed by atoms with Gasteiger partial charge in [-0.2, -0.15) is 0 Å². The Balaban J connectivity index is 2.52. The predicted molar refractivity (Wildman–Crippen MR) is 81.6 cm³/mol. The number of phenolic OH excluding ortho intramolecular Hbond substituents is 1. The zero-order chi connectivity index (χ0) is 15.2. The lowest BCUT2D eigenvalue weighted by atomic mass is 9.98. The molecule has 0 saturated heterocycles. The molecule has 0 saturated carbocycles. The van der Waals surface area contributed by atoms with Crippen LogP contribution in [0.25, 0.3) is 0 Å². The molecule has 0 aliphatic carbocycles. The van der Waals surface area contributed by atoms with Crippen molar-refractivity contribution < 1.29 is 15.0 Å². The van der Waals surface area contributed by atoms with Gasteiger partial charge < -0.3 is 20.8 Å². The Hall–Kier alpha value is -1.27. The Morgan fingerprint density at radius 3 is 2.70 bits per heavy atom. The second-order valence-corrected chi connectivity index (χ2v) is 5.92. The van der Waals surface area contributed by atoms with Crippen LogP contribution in [0.5, 0.6) is 5.75 Å². The van der Waals surface area contributed by atoms with Gasteiger partial charge in [-0.1, -0.05) is 19.4 Å². The van der Waals surface area contributed by atoms with E-state index in [1.165, 1.54) is 0 Å². The van der Waals surface area contributed by atoms with E-state index in [-0.39, 0.29) is 18.4 Å². The highest BCUT2D eigenvalue weighted by Crippen LogP contribution is 2.24. The molecule has 1 rings (SSSR count). The summed E-state index contributed by atoms with van der Waals surface area (Å²) in [7, 11) is 0. The first-order chi connectivity index (χ1) is 9.40. The van der Waals surface area contributed by atoms with E-state index < -0.39 is 5.54 Å². The Morgan fingerprint density at radius 2 is 2.15 bits per heavy atom. The molecule has 1 aromatic carbocycles. The highest BCUT2D eigenvalue weighted by Gasteiger charge is 2.24. The summed E-state index contributed by atoms with van der Waals surface area (Å²) < 4.78 is 0.586. The maximum absolute atomic E-state index is 11.8. The number of rotatable bonds is 6. The molecule has 4 N–H and O–H groups in total. The van der Waals surface area contributed by atoms with Gasteiger partial charge in [0.1, 0.15) is 5.75 Å². The van der Waals surface area contributed by atoms with Crippen molar-refractivity contribution in [2.24, 2.45) is 0 Å². The van der Waals surface area contributed by atoms with E-state index in [9.17, 15) is 15.0 Å².